The highest BCUT2D eigenvalue weighted by atomic mass is 16.6. The Balaban J connectivity index is 1.19. The van der Waals surface area contributed by atoms with Crippen molar-refractivity contribution in [3.05, 3.63) is 65.7 Å². The summed E-state index contributed by atoms with van der Waals surface area (Å²) in [6, 6.07) is 18.6. The maximum atomic E-state index is 13.5. The van der Waals surface area contributed by atoms with Gasteiger partial charge >= 0.3 is 12.1 Å². The van der Waals surface area contributed by atoms with Crippen LogP contribution in [0.25, 0.3) is 0 Å². The van der Waals surface area contributed by atoms with E-state index in [2.05, 4.69) is 47.0 Å². The van der Waals surface area contributed by atoms with Gasteiger partial charge in [-0.1, -0.05) is 42.5 Å². The minimum Gasteiger partial charge on any atom is -0.492 e. The van der Waals surface area contributed by atoms with Crippen molar-refractivity contribution in [1.29, 1.82) is 0 Å². The molecule has 5 rings (SSSR count). The molecule has 3 saturated heterocycles. The molecule has 2 aromatic rings. The maximum absolute atomic E-state index is 13.5. The molecular weight excluding hydrogens is 548 g/mol. The minimum absolute atomic E-state index is 0.0138. The summed E-state index contributed by atoms with van der Waals surface area (Å²) >= 11 is 0. The zero-order valence-electron chi connectivity index (χ0n) is 25.4. The van der Waals surface area contributed by atoms with Crippen molar-refractivity contribution in [1.82, 2.24) is 20.4 Å². The number of nitrogens with zero attached hydrogens (tertiary/aromatic N) is 2. The lowest BCUT2D eigenvalue weighted by molar-refractivity contribution is -0.139. The van der Waals surface area contributed by atoms with Crippen LogP contribution >= 0.6 is 0 Å². The Hall–Kier alpha value is -3.79. The molecule has 3 aliphatic heterocycles. The van der Waals surface area contributed by atoms with E-state index in [0.717, 1.165) is 25.0 Å². The van der Waals surface area contributed by atoms with Gasteiger partial charge in [0.1, 0.15) is 24.6 Å². The van der Waals surface area contributed by atoms with E-state index in [4.69, 9.17) is 14.2 Å². The van der Waals surface area contributed by atoms with Crippen molar-refractivity contribution in [2.45, 2.75) is 63.7 Å². The zero-order valence-corrected chi connectivity index (χ0v) is 25.4. The molecule has 10 nitrogen and oxygen atoms in total. The number of morpholine rings is 1. The summed E-state index contributed by atoms with van der Waals surface area (Å²) in [4.78, 5) is 41.0. The molecule has 0 radical (unpaired) electrons. The third kappa shape index (κ3) is 8.19. The number of rotatable bonds is 7. The number of benzene rings is 2. The summed E-state index contributed by atoms with van der Waals surface area (Å²) < 4.78 is 16.9. The Kier molecular flexibility index (Phi) is 9.75. The van der Waals surface area contributed by atoms with Crippen LogP contribution in [0, 0.1) is 5.92 Å². The number of likely N-dealkylation sites (tertiary alicyclic amines) is 2. The highest BCUT2D eigenvalue weighted by Crippen LogP contribution is 2.39. The third-order valence-corrected chi connectivity index (χ3v) is 8.29. The molecule has 4 amide bonds. The summed E-state index contributed by atoms with van der Waals surface area (Å²) in [5.74, 6) is 1.15. The zero-order chi connectivity index (χ0) is 30.4. The van der Waals surface area contributed by atoms with E-state index in [-0.39, 0.29) is 36.6 Å². The molecule has 3 heterocycles. The first-order chi connectivity index (χ1) is 20.7. The monoisotopic (exact) mass is 592 g/mol. The highest BCUT2D eigenvalue weighted by Gasteiger charge is 2.38. The molecule has 10 heteroatoms. The van der Waals surface area contributed by atoms with E-state index in [1.54, 1.807) is 0 Å². The van der Waals surface area contributed by atoms with Gasteiger partial charge in [-0.3, -0.25) is 4.79 Å². The Morgan fingerprint density at radius 3 is 2.47 bits per heavy atom. The molecule has 3 aliphatic rings. The number of amides is 4. The predicted molar refractivity (Wildman–Crippen MR) is 162 cm³/mol. The van der Waals surface area contributed by atoms with Gasteiger partial charge in [0.25, 0.3) is 0 Å². The number of carbonyl (C=O) groups excluding carboxylic acids is 3. The molecule has 0 saturated carbocycles. The normalized spacial score (nSPS) is 21.8. The Morgan fingerprint density at radius 1 is 1.00 bits per heavy atom. The quantitative estimate of drug-likeness (QED) is 0.468. The van der Waals surface area contributed by atoms with Gasteiger partial charge in [0.2, 0.25) is 5.91 Å². The van der Waals surface area contributed by atoms with Crippen molar-refractivity contribution in [2.24, 2.45) is 5.92 Å². The van der Waals surface area contributed by atoms with Crippen molar-refractivity contribution in [3.63, 3.8) is 0 Å². The molecule has 2 N–H and O–H groups in total. The number of carbonyl (C=O) groups is 3. The first kappa shape index (κ1) is 30.7. The fourth-order valence-corrected chi connectivity index (χ4v) is 6.33. The van der Waals surface area contributed by atoms with E-state index in [9.17, 15) is 14.4 Å². The van der Waals surface area contributed by atoms with Crippen LogP contribution in [0.15, 0.2) is 54.6 Å². The molecule has 43 heavy (non-hydrogen) atoms. The molecule has 0 aromatic heterocycles. The van der Waals surface area contributed by atoms with E-state index in [1.165, 1.54) is 11.1 Å². The number of piperidine rings is 2. The standard InChI is InChI=1S/C33H44N4O6/c1-33(2,3)43-31(39)34-15-19-41-26-11-7-10-25(20-26)30(23-8-5-4-6-9-23)24-12-16-36(17-13-24)32(40)37-18-14-28-27(21-37)35-29(38)22-42-28/h4-11,20,24,27-28,30H,12-19,21-22H2,1-3H3,(H,34,39)(H,35,38)/t27-,28?,30-/m1/s1. The van der Waals surface area contributed by atoms with Crippen molar-refractivity contribution in [3.8, 4) is 5.75 Å². The van der Waals surface area contributed by atoms with Crippen LogP contribution in [0.5, 0.6) is 5.75 Å². The second-order valence-corrected chi connectivity index (χ2v) is 12.6. The van der Waals surface area contributed by atoms with Gasteiger partial charge in [-0.05, 0) is 69.2 Å². The van der Waals surface area contributed by atoms with Crippen LogP contribution in [-0.4, -0.2) is 91.5 Å². The SMILES string of the molecule is CC(C)(C)OC(=O)NCCOc1cccc([C@H](c2ccccc2)C2CCN(C(=O)N3CCC4OCC(=O)N[C@@H]4C3)CC2)c1. The van der Waals surface area contributed by atoms with Gasteiger partial charge in [0.15, 0.2) is 0 Å². The van der Waals surface area contributed by atoms with Gasteiger partial charge in [0, 0.05) is 32.1 Å². The van der Waals surface area contributed by atoms with Gasteiger partial charge < -0.3 is 34.6 Å². The van der Waals surface area contributed by atoms with E-state index < -0.39 is 11.7 Å². The molecule has 0 bridgehead atoms. The molecular formula is C33H44N4O6. The Labute approximate surface area is 254 Å². The van der Waals surface area contributed by atoms with E-state index in [1.807, 2.05) is 48.8 Å². The topological polar surface area (TPSA) is 109 Å². The van der Waals surface area contributed by atoms with Crippen LogP contribution < -0.4 is 15.4 Å². The fourth-order valence-electron chi connectivity index (χ4n) is 6.33. The average molecular weight is 593 g/mol. The molecule has 2 aromatic carbocycles. The van der Waals surface area contributed by atoms with Crippen molar-refractivity contribution < 1.29 is 28.6 Å². The second-order valence-electron chi connectivity index (χ2n) is 12.6. The minimum atomic E-state index is -0.546. The summed E-state index contributed by atoms with van der Waals surface area (Å²) in [6.07, 6.45) is 2.03. The van der Waals surface area contributed by atoms with Crippen LogP contribution in [0.1, 0.15) is 57.1 Å². The smallest absolute Gasteiger partial charge is 0.407 e. The first-order valence-electron chi connectivity index (χ1n) is 15.4. The predicted octanol–water partition coefficient (Wildman–Crippen LogP) is 4.14. The van der Waals surface area contributed by atoms with Gasteiger partial charge in [-0.15, -0.1) is 0 Å². The van der Waals surface area contributed by atoms with Crippen LogP contribution in [0.2, 0.25) is 0 Å². The molecule has 0 aliphatic carbocycles. The lowest BCUT2D eigenvalue weighted by atomic mass is 9.76. The third-order valence-electron chi connectivity index (χ3n) is 8.29. The van der Waals surface area contributed by atoms with Gasteiger partial charge in [0.05, 0.1) is 18.7 Å². The number of ether oxygens (including phenoxy) is 3. The lowest BCUT2D eigenvalue weighted by Crippen LogP contribution is -2.62. The molecule has 0 spiro atoms. The van der Waals surface area contributed by atoms with Crippen LogP contribution in [0.4, 0.5) is 9.59 Å². The van der Waals surface area contributed by atoms with Crippen LogP contribution in [-0.2, 0) is 14.3 Å². The highest BCUT2D eigenvalue weighted by molar-refractivity contribution is 5.79. The maximum Gasteiger partial charge on any atom is 0.407 e. The molecule has 232 valence electrons. The van der Waals surface area contributed by atoms with E-state index >= 15 is 0 Å². The number of alkyl carbamates (subject to hydrolysis) is 1. The average Bonchev–Trinajstić information content (AvgIpc) is 2.99. The Bertz CT molecular complexity index is 1260. The molecule has 3 atom stereocenters. The van der Waals surface area contributed by atoms with Crippen LogP contribution in [0.3, 0.4) is 0 Å². The largest absolute Gasteiger partial charge is 0.492 e. The van der Waals surface area contributed by atoms with Gasteiger partial charge in [-0.25, -0.2) is 9.59 Å². The number of fused-ring (bicyclic) bond motifs is 1. The Morgan fingerprint density at radius 2 is 1.72 bits per heavy atom. The number of hydrogen-bond donors (Lipinski definition) is 2. The van der Waals surface area contributed by atoms with Gasteiger partial charge in [-0.2, -0.15) is 0 Å². The second kappa shape index (κ2) is 13.7. The van der Waals surface area contributed by atoms with E-state index in [0.29, 0.717) is 45.2 Å². The lowest BCUT2D eigenvalue weighted by Gasteiger charge is -2.44. The summed E-state index contributed by atoms with van der Waals surface area (Å²) in [5.41, 5.74) is 1.87. The van der Waals surface area contributed by atoms with Crippen molar-refractivity contribution in [2.75, 3.05) is 45.9 Å². The first-order valence-corrected chi connectivity index (χ1v) is 15.4. The summed E-state index contributed by atoms with van der Waals surface area (Å²) in [6.45, 7) is 8.76. The fraction of sp³-hybridized carbons (Fsp3) is 0.545. The molecule has 1 unspecified atom stereocenters. The number of nitrogens with one attached hydrogen (secondary N) is 2. The van der Waals surface area contributed by atoms with Crippen molar-refractivity contribution >= 4 is 18.0 Å². The number of urea groups is 1. The summed E-state index contributed by atoms with van der Waals surface area (Å²) in [5, 5.41) is 5.72. The summed E-state index contributed by atoms with van der Waals surface area (Å²) in [7, 11) is 0. The molecule has 3 fully saturated rings. The number of hydrogen-bond acceptors (Lipinski definition) is 6.